The largest absolute Gasteiger partial charge is 0.477 e. The highest BCUT2D eigenvalue weighted by molar-refractivity contribution is 5.72. The first kappa shape index (κ1) is 44.0. The van der Waals surface area contributed by atoms with Crippen LogP contribution in [0.3, 0.4) is 0 Å². The van der Waals surface area contributed by atoms with Gasteiger partial charge in [-0.1, -0.05) is 132 Å². The number of esters is 2. The lowest BCUT2D eigenvalue weighted by Gasteiger charge is -2.31. The molecule has 1 N–H and O–H groups in total. The maximum atomic E-state index is 12.6. The Kier molecular flexibility index (Phi) is 28.4. The van der Waals surface area contributed by atoms with Crippen LogP contribution in [0.4, 0.5) is 0 Å². The molecule has 0 amide bonds. The zero-order valence-electron chi connectivity index (χ0n) is 30.2. The summed E-state index contributed by atoms with van der Waals surface area (Å²) in [5.41, 5.74) is 0. The van der Waals surface area contributed by atoms with Gasteiger partial charge in [0.2, 0.25) is 0 Å². The molecule has 0 aliphatic rings. The minimum Gasteiger partial charge on any atom is -0.477 e. The van der Waals surface area contributed by atoms with E-state index >= 15 is 0 Å². The number of carboxylic acid groups (broad SMARTS) is 1. The van der Waals surface area contributed by atoms with Crippen LogP contribution in [-0.2, 0) is 28.6 Å². The molecule has 0 aliphatic heterocycles. The molecule has 268 valence electrons. The molecule has 8 nitrogen and oxygen atoms in total. The fourth-order valence-electron chi connectivity index (χ4n) is 4.77. The molecule has 0 spiro atoms. The Balaban J connectivity index is 4.60. The highest BCUT2D eigenvalue weighted by atomic mass is 16.6. The minimum atomic E-state index is -0.888. The summed E-state index contributed by atoms with van der Waals surface area (Å²) in [7, 11) is 5.48. The van der Waals surface area contributed by atoms with E-state index in [1.165, 1.54) is 44.9 Å². The Morgan fingerprint density at radius 1 is 0.660 bits per heavy atom. The molecule has 0 aromatic carbocycles. The van der Waals surface area contributed by atoms with E-state index in [1.54, 1.807) is 0 Å². The second-order valence-corrected chi connectivity index (χ2v) is 12.9. The van der Waals surface area contributed by atoms with E-state index < -0.39 is 18.1 Å². The molecule has 0 radical (unpaired) electrons. The average molecular weight is 661 g/mol. The summed E-state index contributed by atoms with van der Waals surface area (Å²) >= 11 is 0. The number of rotatable bonds is 30. The normalized spacial score (nSPS) is 13.8. The van der Waals surface area contributed by atoms with Crippen molar-refractivity contribution in [3.05, 3.63) is 60.8 Å². The first-order valence-electron chi connectivity index (χ1n) is 17.9. The van der Waals surface area contributed by atoms with Crippen LogP contribution >= 0.6 is 0 Å². The van der Waals surface area contributed by atoms with Gasteiger partial charge in [-0.2, -0.15) is 0 Å². The molecule has 2 atom stereocenters. The number of carbonyl (C=O) groups is 3. The van der Waals surface area contributed by atoms with Crippen molar-refractivity contribution in [1.29, 1.82) is 0 Å². The van der Waals surface area contributed by atoms with Crippen molar-refractivity contribution >= 4 is 17.9 Å². The lowest BCUT2D eigenvalue weighted by Crippen LogP contribution is -2.50. The van der Waals surface area contributed by atoms with Gasteiger partial charge in [0.15, 0.2) is 12.1 Å². The van der Waals surface area contributed by atoms with Gasteiger partial charge in [-0.15, -0.1) is 0 Å². The third-order valence-electron chi connectivity index (χ3n) is 7.56. The van der Waals surface area contributed by atoms with Crippen molar-refractivity contribution in [1.82, 2.24) is 0 Å². The number of nitrogens with zero attached hydrogens (tertiary/aromatic N) is 1. The molecule has 0 rings (SSSR count). The number of quaternary nitrogens is 1. The zero-order valence-corrected chi connectivity index (χ0v) is 30.2. The fraction of sp³-hybridized carbons (Fsp3) is 0.667. The third-order valence-corrected chi connectivity index (χ3v) is 7.56. The van der Waals surface area contributed by atoms with E-state index in [1.807, 2.05) is 75.8 Å². The maximum Gasteiger partial charge on any atom is 0.362 e. The van der Waals surface area contributed by atoms with Crippen molar-refractivity contribution in [3.8, 4) is 0 Å². The number of unbranched alkanes of at least 4 members (excludes halogenated alkanes) is 10. The number of hydrogen-bond acceptors (Lipinski definition) is 6. The number of aliphatic carboxylic acids is 1. The van der Waals surface area contributed by atoms with Crippen LogP contribution in [0.15, 0.2) is 60.8 Å². The molecule has 8 heteroatoms. The quantitative estimate of drug-likeness (QED) is 0.0356. The van der Waals surface area contributed by atoms with Gasteiger partial charge in [0, 0.05) is 19.3 Å². The van der Waals surface area contributed by atoms with Gasteiger partial charge in [0.05, 0.1) is 34.4 Å². The molecule has 0 saturated carbocycles. The summed E-state index contributed by atoms with van der Waals surface area (Å²) in [6.45, 7) is 4.46. The molecule has 0 aliphatic carbocycles. The van der Waals surface area contributed by atoms with Crippen LogP contribution in [0.25, 0.3) is 0 Å². The Morgan fingerprint density at radius 2 is 1.19 bits per heavy atom. The van der Waals surface area contributed by atoms with Gasteiger partial charge in [-0.05, 0) is 25.7 Å². The van der Waals surface area contributed by atoms with Gasteiger partial charge in [-0.3, -0.25) is 9.59 Å². The zero-order chi connectivity index (χ0) is 35.0. The van der Waals surface area contributed by atoms with Gasteiger partial charge in [-0.25, -0.2) is 4.79 Å². The molecule has 0 fully saturated rings. The van der Waals surface area contributed by atoms with Crippen molar-refractivity contribution in [3.63, 3.8) is 0 Å². The SMILES string of the molecule is CC/C=C/C=C/C=C/C=C/C=C/CCCC(=O)OCC(COCCC(C(=O)O)[N+](C)(C)C)OC(=O)CCCCCCCCCCCC. The minimum absolute atomic E-state index is 0.0370. The van der Waals surface area contributed by atoms with Crippen molar-refractivity contribution < 1.29 is 38.2 Å². The number of ether oxygens (including phenoxy) is 3. The summed E-state index contributed by atoms with van der Waals surface area (Å²) in [6, 6.07) is -0.624. The van der Waals surface area contributed by atoms with Crippen LogP contribution in [-0.4, -0.2) is 80.6 Å². The smallest absolute Gasteiger partial charge is 0.362 e. The number of carboxylic acids is 1. The predicted octanol–water partition coefficient (Wildman–Crippen LogP) is 8.68. The van der Waals surface area contributed by atoms with E-state index in [0.717, 1.165) is 32.1 Å². The van der Waals surface area contributed by atoms with E-state index in [-0.39, 0.29) is 42.7 Å². The van der Waals surface area contributed by atoms with E-state index in [2.05, 4.69) is 19.9 Å². The number of carbonyl (C=O) groups excluding carboxylic acids is 2. The molecule has 2 unspecified atom stereocenters. The highest BCUT2D eigenvalue weighted by Gasteiger charge is 2.31. The summed E-state index contributed by atoms with van der Waals surface area (Å²) in [5, 5.41) is 9.56. The molecular formula is C39H66NO7+. The summed E-state index contributed by atoms with van der Waals surface area (Å²) in [4.78, 5) is 36.6. The summed E-state index contributed by atoms with van der Waals surface area (Å²) < 4.78 is 17.1. The monoisotopic (exact) mass is 660 g/mol. The number of allylic oxidation sites excluding steroid dienone is 10. The van der Waals surface area contributed by atoms with Crippen molar-refractivity contribution in [2.75, 3.05) is 41.0 Å². The molecule has 0 bridgehead atoms. The highest BCUT2D eigenvalue weighted by Crippen LogP contribution is 2.13. The molecule has 47 heavy (non-hydrogen) atoms. The molecular weight excluding hydrogens is 594 g/mol. The van der Waals surface area contributed by atoms with Gasteiger partial charge < -0.3 is 23.8 Å². The summed E-state index contributed by atoms with van der Waals surface area (Å²) in [6.07, 6.45) is 34.2. The Morgan fingerprint density at radius 3 is 1.74 bits per heavy atom. The lowest BCUT2D eigenvalue weighted by atomic mass is 10.1. The predicted molar refractivity (Wildman–Crippen MR) is 192 cm³/mol. The van der Waals surface area contributed by atoms with E-state index in [9.17, 15) is 19.5 Å². The van der Waals surface area contributed by atoms with Crippen molar-refractivity contribution in [2.45, 2.75) is 129 Å². The second-order valence-electron chi connectivity index (χ2n) is 12.9. The Bertz CT molecular complexity index is 959. The Hall–Kier alpha value is -2.97. The molecule has 0 saturated heterocycles. The van der Waals surface area contributed by atoms with Crippen molar-refractivity contribution in [2.24, 2.45) is 0 Å². The van der Waals surface area contributed by atoms with Crippen LogP contribution in [0.5, 0.6) is 0 Å². The third kappa shape index (κ3) is 28.9. The molecule has 0 aromatic heterocycles. The van der Waals surface area contributed by atoms with Crippen LogP contribution in [0.1, 0.15) is 117 Å². The van der Waals surface area contributed by atoms with Crippen LogP contribution < -0.4 is 0 Å². The van der Waals surface area contributed by atoms with E-state index in [0.29, 0.717) is 19.3 Å². The summed E-state index contributed by atoms with van der Waals surface area (Å²) in [5.74, 6) is -1.57. The molecule has 0 aromatic rings. The van der Waals surface area contributed by atoms with Crippen LogP contribution in [0.2, 0.25) is 0 Å². The second kappa shape index (κ2) is 30.4. The fourth-order valence-corrected chi connectivity index (χ4v) is 4.77. The van der Waals surface area contributed by atoms with Crippen LogP contribution in [0, 0.1) is 0 Å². The van der Waals surface area contributed by atoms with E-state index in [4.69, 9.17) is 14.2 Å². The molecule has 0 heterocycles. The average Bonchev–Trinajstić information content (AvgIpc) is 3.01. The Labute approximate surface area is 286 Å². The van der Waals surface area contributed by atoms with Gasteiger partial charge in [0.1, 0.15) is 6.61 Å². The standard InChI is InChI=1S/C39H65NO7/c1-6-8-10-12-14-16-18-19-20-22-23-25-27-29-37(41)46-34-35(33-45-32-31-36(39(43)44)40(3,4)5)47-38(42)30-28-26-24-21-17-15-13-11-9-7-2/h8,10,12,14,16,18-20,22-23,35-36H,6-7,9,11,13,15,17,21,24-34H2,1-5H3/p+1/b10-8+,14-12+,18-16+,20-19+,23-22+. The number of hydrogen-bond donors (Lipinski definition) is 1. The first-order valence-corrected chi connectivity index (χ1v) is 17.9. The number of likely N-dealkylation sites (N-methyl/N-ethyl adjacent to an activating group) is 1. The first-order chi connectivity index (χ1) is 22.6. The topological polar surface area (TPSA) is 99.1 Å². The maximum absolute atomic E-state index is 12.6. The lowest BCUT2D eigenvalue weighted by molar-refractivity contribution is -0.887. The van der Waals surface area contributed by atoms with Gasteiger partial charge >= 0.3 is 17.9 Å². The van der Waals surface area contributed by atoms with Gasteiger partial charge in [0.25, 0.3) is 0 Å².